The molecule has 4 heteroatoms. The molecule has 0 aliphatic carbocycles. The van der Waals surface area contributed by atoms with Gasteiger partial charge in [-0.15, -0.1) is 0 Å². The third-order valence-electron chi connectivity index (χ3n) is 3.69. The van der Waals surface area contributed by atoms with Crippen molar-refractivity contribution >= 4 is 11.6 Å². The third-order valence-corrected chi connectivity index (χ3v) is 3.69. The number of aryl methyl sites for hydroxylation is 1. The summed E-state index contributed by atoms with van der Waals surface area (Å²) >= 11 is 0. The van der Waals surface area contributed by atoms with E-state index in [4.69, 9.17) is 11.5 Å². The SMILES string of the molecule is Cc1ccc(N)cc1C(=O)N(CCN)CCc1ccccc1. The van der Waals surface area contributed by atoms with Crippen molar-refractivity contribution in [2.45, 2.75) is 13.3 Å². The van der Waals surface area contributed by atoms with E-state index in [0.29, 0.717) is 30.9 Å². The van der Waals surface area contributed by atoms with Gasteiger partial charge in [0.1, 0.15) is 0 Å². The van der Waals surface area contributed by atoms with Crippen LogP contribution < -0.4 is 11.5 Å². The van der Waals surface area contributed by atoms with Gasteiger partial charge in [0.2, 0.25) is 0 Å². The lowest BCUT2D eigenvalue weighted by Crippen LogP contribution is -2.37. The zero-order chi connectivity index (χ0) is 15.9. The second kappa shape index (κ2) is 7.61. The molecule has 2 aromatic carbocycles. The van der Waals surface area contributed by atoms with Gasteiger partial charge in [0, 0.05) is 30.9 Å². The van der Waals surface area contributed by atoms with Crippen molar-refractivity contribution in [1.82, 2.24) is 4.90 Å². The summed E-state index contributed by atoms with van der Waals surface area (Å²) in [5.74, 6) is -0.00817. The number of rotatable bonds is 6. The first-order valence-electron chi connectivity index (χ1n) is 7.51. The molecule has 0 aromatic heterocycles. The fourth-order valence-electron chi connectivity index (χ4n) is 2.42. The Morgan fingerprint density at radius 2 is 1.82 bits per heavy atom. The van der Waals surface area contributed by atoms with Crippen LogP contribution in [0.25, 0.3) is 0 Å². The lowest BCUT2D eigenvalue weighted by Gasteiger charge is -2.23. The van der Waals surface area contributed by atoms with Gasteiger partial charge in [-0.2, -0.15) is 0 Å². The molecule has 2 rings (SSSR count). The normalized spacial score (nSPS) is 10.5. The molecule has 1 amide bonds. The van der Waals surface area contributed by atoms with Crippen LogP contribution in [0.2, 0.25) is 0 Å². The molecule has 0 aliphatic rings. The monoisotopic (exact) mass is 297 g/mol. The summed E-state index contributed by atoms with van der Waals surface area (Å²) in [6.07, 6.45) is 0.813. The molecule has 4 nitrogen and oxygen atoms in total. The van der Waals surface area contributed by atoms with Crippen molar-refractivity contribution in [2.24, 2.45) is 5.73 Å². The Bertz CT molecular complexity index is 625. The average molecular weight is 297 g/mol. The summed E-state index contributed by atoms with van der Waals surface area (Å²) in [7, 11) is 0. The van der Waals surface area contributed by atoms with Crippen molar-refractivity contribution in [1.29, 1.82) is 0 Å². The van der Waals surface area contributed by atoms with E-state index < -0.39 is 0 Å². The molecule has 0 unspecified atom stereocenters. The number of amides is 1. The Balaban J connectivity index is 2.12. The van der Waals surface area contributed by atoms with Crippen LogP contribution in [0.15, 0.2) is 48.5 Å². The van der Waals surface area contributed by atoms with E-state index >= 15 is 0 Å². The van der Waals surface area contributed by atoms with Gasteiger partial charge >= 0.3 is 0 Å². The molecule has 0 saturated carbocycles. The molecule has 0 atom stereocenters. The van der Waals surface area contributed by atoms with Gasteiger partial charge in [-0.25, -0.2) is 0 Å². The maximum Gasteiger partial charge on any atom is 0.254 e. The van der Waals surface area contributed by atoms with Gasteiger partial charge in [0.25, 0.3) is 5.91 Å². The topological polar surface area (TPSA) is 72.4 Å². The smallest absolute Gasteiger partial charge is 0.254 e. The van der Waals surface area contributed by atoms with Crippen LogP contribution in [-0.4, -0.2) is 30.4 Å². The predicted molar refractivity (Wildman–Crippen MR) is 90.7 cm³/mol. The number of anilines is 1. The highest BCUT2D eigenvalue weighted by atomic mass is 16.2. The van der Waals surface area contributed by atoms with Crippen LogP contribution in [0.1, 0.15) is 21.5 Å². The molecular formula is C18H23N3O. The number of hydrogen-bond donors (Lipinski definition) is 2. The van der Waals surface area contributed by atoms with Gasteiger partial charge in [-0.05, 0) is 36.6 Å². The van der Waals surface area contributed by atoms with Crippen molar-refractivity contribution in [3.63, 3.8) is 0 Å². The lowest BCUT2D eigenvalue weighted by molar-refractivity contribution is 0.0761. The molecule has 22 heavy (non-hydrogen) atoms. The molecule has 0 fully saturated rings. The number of nitrogens with two attached hydrogens (primary N) is 2. The van der Waals surface area contributed by atoms with Gasteiger partial charge in [-0.1, -0.05) is 36.4 Å². The fraction of sp³-hybridized carbons (Fsp3) is 0.278. The molecular weight excluding hydrogens is 274 g/mol. The van der Waals surface area contributed by atoms with Crippen LogP contribution in [0.3, 0.4) is 0 Å². The molecule has 116 valence electrons. The first-order chi connectivity index (χ1) is 10.6. The summed E-state index contributed by atoms with van der Waals surface area (Å²) in [6, 6.07) is 15.6. The van der Waals surface area contributed by atoms with E-state index in [2.05, 4.69) is 12.1 Å². The number of nitrogen functional groups attached to an aromatic ring is 1. The Morgan fingerprint density at radius 3 is 2.50 bits per heavy atom. The van der Waals surface area contributed by atoms with E-state index in [0.717, 1.165) is 12.0 Å². The van der Waals surface area contributed by atoms with E-state index in [1.54, 1.807) is 11.0 Å². The number of benzene rings is 2. The maximum atomic E-state index is 12.7. The van der Waals surface area contributed by atoms with Crippen molar-refractivity contribution in [3.05, 3.63) is 65.2 Å². The quantitative estimate of drug-likeness (QED) is 0.803. The molecule has 0 aliphatic heterocycles. The largest absolute Gasteiger partial charge is 0.399 e. The minimum absolute atomic E-state index is 0.00817. The van der Waals surface area contributed by atoms with Gasteiger partial charge in [-0.3, -0.25) is 4.79 Å². The molecule has 0 bridgehead atoms. The number of nitrogens with zero attached hydrogens (tertiary/aromatic N) is 1. The highest BCUT2D eigenvalue weighted by Crippen LogP contribution is 2.15. The summed E-state index contributed by atoms with van der Waals surface area (Å²) in [4.78, 5) is 14.5. The predicted octanol–water partition coefficient (Wildman–Crippen LogP) is 2.22. The Labute approximate surface area is 131 Å². The Morgan fingerprint density at radius 1 is 1.09 bits per heavy atom. The average Bonchev–Trinajstić information content (AvgIpc) is 2.54. The third kappa shape index (κ3) is 4.09. The lowest BCUT2D eigenvalue weighted by atomic mass is 10.1. The zero-order valence-electron chi connectivity index (χ0n) is 13.0. The Kier molecular flexibility index (Phi) is 5.55. The number of carbonyl (C=O) groups excluding carboxylic acids is 1. The van der Waals surface area contributed by atoms with Crippen LogP contribution in [0, 0.1) is 6.92 Å². The van der Waals surface area contributed by atoms with Gasteiger partial charge in [0.15, 0.2) is 0 Å². The first-order valence-corrected chi connectivity index (χ1v) is 7.51. The van der Waals surface area contributed by atoms with E-state index in [1.165, 1.54) is 5.56 Å². The van der Waals surface area contributed by atoms with Gasteiger partial charge < -0.3 is 16.4 Å². The first kappa shape index (κ1) is 16.0. The van der Waals surface area contributed by atoms with Crippen LogP contribution >= 0.6 is 0 Å². The van der Waals surface area contributed by atoms with Crippen LogP contribution in [-0.2, 0) is 6.42 Å². The van der Waals surface area contributed by atoms with E-state index in [9.17, 15) is 4.79 Å². The van der Waals surface area contributed by atoms with Crippen molar-refractivity contribution in [3.8, 4) is 0 Å². The maximum absolute atomic E-state index is 12.7. The second-order valence-electron chi connectivity index (χ2n) is 5.39. The molecule has 0 radical (unpaired) electrons. The standard InChI is InChI=1S/C18H23N3O/c1-14-7-8-16(20)13-17(14)18(22)21(12-10-19)11-9-15-5-3-2-4-6-15/h2-8,13H,9-12,19-20H2,1H3. The number of carbonyl (C=O) groups is 1. The zero-order valence-corrected chi connectivity index (χ0v) is 13.0. The molecule has 4 N–H and O–H groups in total. The fourth-order valence-corrected chi connectivity index (χ4v) is 2.42. The molecule has 0 saturated heterocycles. The summed E-state index contributed by atoms with van der Waals surface area (Å²) in [6.45, 7) is 3.56. The molecule has 2 aromatic rings. The van der Waals surface area contributed by atoms with Crippen molar-refractivity contribution in [2.75, 3.05) is 25.4 Å². The minimum Gasteiger partial charge on any atom is -0.399 e. The summed E-state index contributed by atoms with van der Waals surface area (Å²) in [5.41, 5.74) is 14.9. The Hall–Kier alpha value is -2.33. The highest BCUT2D eigenvalue weighted by Gasteiger charge is 2.17. The molecule has 0 heterocycles. The summed E-state index contributed by atoms with van der Waals surface area (Å²) < 4.78 is 0. The van der Waals surface area contributed by atoms with Crippen molar-refractivity contribution < 1.29 is 4.79 Å². The summed E-state index contributed by atoms with van der Waals surface area (Å²) in [5, 5.41) is 0. The number of hydrogen-bond acceptors (Lipinski definition) is 3. The minimum atomic E-state index is -0.00817. The van der Waals surface area contributed by atoms with E-state index in [1.807, 2.05) is 37.3 Å². The van der Waals surface area contributed by atoms with E-state index in [-0.39, 0.29) is 5.91 Å². The molecule has 0 spiro atoms. The second-order valence-corrected chi connectivity index (χ2v) is 5.39. The van der Waals surface area contributed by atoms with Crippen LogP contribution in [0.4, 0.5) is 5.69 Å². The van der Waals surface area contributed by atoms with Crippen LogP contribution in [0.5, 0.6) is 0 Å². The highest BCUT2D eigenvalue weighted by molar-refractivity contribution is 5.96. The van der Waals surface area contributed by atoms with Gasteiger partial charge in [0.05, 0.1) is 0 Å².